The molecule has 2 aromatic heterocycles. The number of nitrogens with two attached hydrogens (primary N) is 1. The van der Waals surface area contributed by atoms with E-state index in [1.807, 2.05) is 59.3 Å². The third-order valence-electron chi connectivity index (χ3n) is 5.97. The van der Waals surface area contributed by atoms with Crippen LogP contribution in [0.4, 0.5) is 5.82 Å². The monoisotopic (exact) mass is 468 g/mol. The van der Waals surface area contributed by atoms with Gasteiger partial charge in [0.2, 0.25) is 0 Å². The van der Waals surface area contributed by atoms with Gasteiger partial charge in [0.1, 0.15) is 23.8 Å². The van der Waals surface area contributed by atoms with Gasteiger partial charge in [0, 0.05) is 35.6 Å². The molecule has 0 radical (unpaired) electrons. The minimum absolute atomic E-state index is 0.129. The predicted molar refractivity (Wildman–Crippen MR) is 133 cm³/mol. The molecule has 0 atom stereocenters. The molecule has 8 heteroatoms. The van der Waals surface area contributed by atoms with Crippen molar-refractivity contribution < 1.29 is 4.79 Å². The van der Waals surface area contributed by atoms with Gasteiger partial charge < -0.3 is 15.2 Å². The maximum atomic E-state index is 12.7. The lowest BCUT2D eigenvalue weighted by atomic mass is 10.1. The second-order valence-corrected chi connectivity index (χ2v) is 8.58. The predicted octanol–water partition coefficient (Wildman–Crippen LogP) is 4.85. The molecule has 0 aliphatic carbocycles. The van der Waals surface area contributed by atoms with Crippen LogP contribution < -0.4 is 5.73 Å². The fraction of sp³-hybridized carbons (Fsp3) is 0.154. The summed E-state index contributed by atoms with van der Waals surface area (Å²) in [5.74, 6) is 0.162. The van der Waals surface area contributed by atoms with Gasteiger partial charge in [-0.2, -0.15) is 5.26 Å². The second kappa shape index (κ2) is 9.00. The highest BCUT2D eigenvalue weighted by molar-refractivity contribution is 6.30. The fourth-order valence-electron chi connectivity index (χ4n) is 4.29. The molecule has 2 N–H and O–H groups in total. The minimum Gasteiger partial charge on any atom is -0.383 e. The lowest BCUT2D eigenvalue weighted by molar-refractivity contribution is -0.125. The molecule has 4 aromatic rings. The molecular formula is C26H21ClN6O. The Hall–Kier alpha value is -4.15. The molecule has 0 bridgehead atoms. The summed E-state index contributed by atoms with van der Waals surface area (Å²) in [6, 6.07) is 17.2. The van der Waals surface area contributed by atoms with Gasteiger partial charge in [-0.05, 0) is 54.3 Å². The van der Waals surface area contributed by atoms with Crippen LogP contribution in [-0.4, -0.2) is 38.4 Å². The van der Waals surface area contributed by atoms with Crippen LogP contribution in [0.5, 0.6) is 0 Å². The number of anilines is 1. The van der Waals surface area contributed by atoms with Crippen molar-refractivity contribution >= 4 is 40.4 Å². The zero-order valence-electron chi connectivity index (χ0n) is 18.3. The van der Waals surface area contributed by atoms with E-state index in [0.29, 0.717) is 29.6 Å². The first-order valence-electron chi connectivity index (χ1n) is 10.9. The van der Waals surface area contributed by atoms with Crippen molar-refractivity contribution in [1.82, 2.24) is 19.4 Å². The lowest BCUT2D eigenvalue weighted by Crippen LogP contribution is -2.28. The van der Waals surface area contributed by atoms with Crippen LogP contribution in [0.15, 0.2) is 66.6 Å². The topological polar surface area (TPSA) is 101 Å². The van der Waals surface area contributed by atoms with Gasteiger partial charge in [0.05, 0.1) is 5.39 Å². The maximum Gasteiger partial charge on any atom is 0.264 e. The van der Waals surface area contributed by atoms with E-state index in [1.54, 1.807) is 11.0 Å². The maximum absolute atomic E-state index is 12.7. The van der Waals surface area contributed by atoms with Gasteiger partial charge in [-0.25, -0.2) is 9.97 Å². The molecule has 5 rings (SSSR count). The number of likely N-dealkylation sites (tertiary alicyclic amines) is 1. The number of nitrogen functional groups attached to an aromatic ring is 1. The molecule has 34 heavy (non-hydrogen) atoms. The molecule has 0 saturated carbocycles. The zero-order chi connectivity index (χ0) is 23.7. The van der Waals surface area contributed by atoms with Gasteiger partial charge in [-0.1, -0.05) is 35.9 Å². The van der Waals surface area contributed by atoms with Crippen molar-refractivity contribution in [3.63, 3.8) is 0 Å². The molecule has 0 spiro atoms. The lowest BCUT2D eigenvalue weighted by Gasteiger charge is -2.14. The smallest absolute Gasteiger partial charge is 0.264 e. The Morgan fingerprint density at radius 3 is 2.62 bits per heavy atom. The first kappa shape index (κ1) is 21.7. The van der Waals surface area contributed by atoms with Gasteiger partial charge in [0.25, 0.3) is 5.91 Å². The van der Waals surface area contributed by atoms with E-state index in [-0.39, 0.29) is 11.5 Å². The van der Waals surface area contributed by atoms with Crippen LogP contribution in [-0.2, 0) is 4.79 Å². The summed E-state index contributed by atoms with van der Waals surface area (Å²) < 4.78 is 1.93. The Balaban J connectivity index is 1.59. The molecule has 3 heterocycles. The molecule has 1 aliphatic rings. The normalized spacial score (nSPS) is 13.9. The Labute approximate surface area is 201 Å². The van der Waals surface area contributed by atoms with Gasteiger partial charge in [-0.3, -0.25) is 4.79 Å². The molecule has 1 aliphatic heterocycles. The van der Waals surface area contributed by atoms with Crippen LogP contribution >= 0.6 is 11.6 Å². The Morgan fingerprint density at radius 1 is 1.12 bits per heavy atom. The Morgan fingerprint density at radius 2 is 1.88 bits per heavy atom. The zero-order valence-corrected chi connectivity index (χ0v) is 19.0. The summed E-state index contributed by atoms with van der Waals surface area (Å²) in [5, 5.41) is 11.0. The fourth-order valence-corrected chi connectivity index (χ4v) is 4.42. The largest absolute Gasteiger partial charge is 0.383 e. The summed E-state index contributed by atoms with van der Waals surface area (Å²) in [6.45, 7) is 1.39. The van der Waals surface area contributed by atoms with Crippen molar-refractivity contribution in [2.75, 3.05) is 18.8 Å². The molecule has 1 amide bonds. The highest BCUT2D eigenvalue weighted by Gasteiger charge is 2.21. The van der Waals surface area contributed by atoms with E-state index in [0.717, 1.165) is 40.6 Å². The number of fused-ring (bicyclic) bond motifs is 1. The van der Waals surface area contributed by atoms with Crippen molar-refractivity contribution in [1.29, 1.82) is 5.26 Å². The number of hydrogen-bond acceptors (Lipinski definition) is 5. The Bertz CT molecular complexity index is 1460. The van der Waals surface area contributed by atoms with Crippen molar-refractivity contribution in [2.24, 2.45) is 0 Å². The first-order valence-corrected chi connectivity index (χ1v) is 11.3. The van der Waals surface area contributed by atoms with Gasteiger partial charge >= 0.3 is 0 Å². The number of rotatable bonds is 4. The molecule has 168 valence electrons. The van der Waals surface area contributed by atoms with Crippen molar-refractivity contribution in [3.05, 3.63) is 77.2 Å². The average molecular weight is 469 g/mol. The quantitative estimate of drug-likeness (QED) is 0.340. The molecule has 7 nitrogen and oxygen atoms in total. The van der Waals surface area contributed by atoms with Crippen LogP contribution in [0.3, 0.4) is 0 Å². The number of carbonyl (C=O) groups excluding carboxylic acids is 1. The van der Waals surface area contributed by atoms with Crippen LogP contribution in [0.1, 0.15) is 18.4 Å². The van der Waals surface area contributed by atoms with Crippen LogP contribution in [0.25, 0.3) is 33.9 Å². The molecule has 1 saturated heterocycles. The summed E-state index contributed by atoms with van der Waals surface area (Å²) in [5.41, 5.74) is 10.4. The van der Waals surface area contributed by atoms with Gasteiger partial charge in [0.15, 0.2) is 5.65 Å². The number of amides is 1. The number of benzene rings is 2. The molecule has 2 aromatic carbocycles. The number of carbonyl (C=O) groups is 1. The summed E-state index contributed by atoms with van der Waals surface area (Å²) in [4.78, 5) is 23.1. The molecule has 1 fully saturated rings. The second-order valence-electron chi connectivity index (χ2n) is 8.14. The van der Waals surface area contributed by atoms with E-state index in [9.17, 15) is 10.1 Å². The number of nitriles is 1. The molecule has 0 unspecified atom stereocenters. The van der Waals surface area contributed by atoms with E-state index in [4.69, 9.17) is 17.3 Å². The highest BCUT2D eigenvalue weighted by Crippen LogP contribution is 2.35. The van der Waals surface area contributed by atoms with Gasteiger partial charge in [-0.15, -0.1) is 0 Å². The number of halogens is 1. The van der Waals surface area contributed by atoms with Crippen LogP contribution in [0, 0.1) is 11.3 Å². The van der Waals surface area contributed by atoms with E-state index < -0.39 is 0 Å². The summed E-state index contributed by atoms with van der Waals surface area (Å²) in [6.07, 6.45) is 6.98. The number of hydrogen-bond donors (Lipinski definition) is 1. The van der Waals surface area contributed by atoms with E-state index in [2.05, 4.69) is 16.0 Å². The molecular weight excluding hydrogens is 448 g/mol. The highest BCUT2D eigenvalue weighted by atomic mass is 35.5. The van der Waals surface area contributed by atoms with E-state index in [1.165, 1.54) is 6.33 Å². The van der Waals surface area contributed by atoms with Crippen molar-refractivity contribution in [2.45, 2.75) is 12.8 Å². The standard InChI is InChI=1S/C26H21ClN6O/c27-20-8-6-18(7-9-20)22-15-33(25-23(22)24(29)30-16-31-25)21-5-3-4-17(13-21)12-19(14-28)26(34)32-10-1-2-11-32/h3-9,12-13,15-16H,1-2,10-11H2,(H2,29,30,31)/b19-12-. The minimum atomic E-state index is -0.220. The summed E-state index contributed by atoms with van der Waals surface area (Å²) in [7, 11) is 0. The summed E-state index contributed by atoms with van der Waals surface area (Å²) >= 11 is 6.07. The third kappa shape index (κ3) is 4.00. The average Bonchev–Trinajstić information content (AvgIpc) is 3.52. The van der Waals surface area contributed by atoms with E-state index >= 15 is 0 Å². The van der Waals surface area contributed by atoms with Crippen LogP contribution in [0.2, 0.25) is 5.02 Å². The number of nitrogens with zero attached hydrogens (tertiary/aromatic N) is 5. The first-order chi connectivity index (χ1) is 16.5. The third-order valence-corrected chi connectivity index (χ3v) is 6.22. The SMILES string of the molecule is N#C/C(=C/c1cccc(-n2cc(-c3ccc(Cl)cc3)c3c(N)ncnc32)c1)C(=O)N1CCCC1. The Kier molecular flexibility index (Phi) is 5.74. The van der Waals surface area contributed by atoms with Crippen molar-refractivity contribution in [3.8, 4) is 22.9 Å². The number of aromatic nitrogens is 3.